The highest BCUT2D eigenvalue weighted by molar-refractivity contribution is 6.47. The monoisotopic (exact) mass is 175 g/mol. The Balaban J connectivity index is 2.97. The lowest BCUT2D eigenvalue weighted by Gasteiger charge is -2.12. The van der Waals surface area contributed by atoms with E-state index in [2.05, 4.69) is 0 Å². The summed E-state index contributed by atoms with van der Waals surface area (Å²) >= 11 is 11.2. The van der Waals surface area contributed by atoms with Gasteiger partial charge in [-0.2, -0.15) is 0 Å². The Morgan fingerprint density at radius 1 is 1.10 bits per heavy atom. The molecule has 0 radical (unpaired) electrons. The van der Waals surface area contributed by atoms with E-state index in [0.29, 0.717) is 5.56 Å². The summed E-state index contributed by atoms with van der Waals surface area (Å²) in [6.45, 7) is 0. The number of hydrogen-bond donors (Lipinski definition) is 1. The summed E-state index contributed by atoms with van der Waals surface area (Å²) in [7, 11) is 0. The smallest absolute Gasteiger partial charge is 0.192 e. The number of halogens is 2. The molecule has 0 unspecified atom stereocenters. The maximum Gasteiger partial charge on any atom is 0.192 e. The van der Waals surface area contributed by atoms with Crippen LogP contribution in [0.1, 0.15) is 5.56 Å². The van der Waals surface area contributed by atoms with Crippen molar-refractivity contribution in [3.63, 3.8) is 0 Å². The van der Waals surface area contributed by atoms with E-state index in [1.807, 2.05) is 18.2 Å². The minimum absolute atomic E-state index is 0.707. The zero-order valence-corrected chi connectivity index (χ0v) is 6.73. The molecule has 0 heterocycles. The van der Waals surface area contributed by atoms with Gasteiger partial charge in [-0.3, -0.25) is 5.73 Å². The molecule has 0 saturated heterocycles. The van der Waals surface area contributed by atoms with Gasteiger partial charge in [0.05, 0.1) is 0 Å². The van der Waals surface area contributed by atoms with Crippen LogP contribution in [0.3, 0.4) is 0 Å². The fourth-order valence-corrected chi connectivity index (χ4v) is 0.912. The van der Waals surface area contributed by atoms with Crippen LogP contribution < -0.4 is 5.73 Å². The molecule has 1 aromatic carbocycles. The topological polar surface area (TPSA) is 26.0 Å². The molecule has 0 bridgehead atoms. The second kappa shape index (κ2) is 2.79. The first-order chi connectivity index (χ1) is 4.61. The van der Waals surface area contributed by atoms with Crippen molar-refractivity contribution in [1.82, 2.24) is 0 Å². The van der Waals surface area contributed by atoms with Gasteiger partial charge in [0, 0.05) is 5.56 Å². The lowest BCUT2D eigenvalue weighted by Crippen LogP contribution is -2.21. The summed E-state index contributed by atoms with van der Waals surface area (Å²) in [4.78, 5) is 0. The van der Waals surface area contributed by atoms with Gasteiger partial charge in [0.25, 0.3) is 0 Å². The van der Waals surface area contributed by atoms with Gasteiger partial charge in [0.2, 0.25) is 0 Å². The largest absolute Gasteiger partial charge is 0.296 e. The van der Waals surface area contributed by atoms with Gasteiger partial charge in [0.1, 0.15) is 0 Å². The Morgan fingerprint density at radius 3 is 1.90 bits per heavy atom. The molecule has 0 fully saturated rings. The summed E-state index contributed by atoms with van der Waals surface area (Å²) in [6.07, 6.45) is 0. The van der Waals surface area contributed by atoms with Crippen molar-refractivity contribution in [3.8, 4) is 0 Å². The molecule has 1 nitrogen and oxygen atoms in total. The average Bonchev–Trinajstić information content (AvgIpc) is 1.88. The van der Waals surface area contributed by atoms with Crippen molar-refractivity contribution in [2.45, 2.75) is 4.46 Å². The van der Waals surface area contributed by atoms with Crippen molar-refractivity contribution >= 4 is 23.2 Å². The molecule has 54 valence electrons. The second-order valence-electron chi connectivity index (χ2n) is 1.99. The number of benzene rings is 1. The maximum absolute atomic E-state index is 5.60. The third kappa shape index (κ3) is 1.87. The molecule has 0 atom stereocenters. The number of alkyl halides is 2. The Hall–Kier alpha value is -0.240. The molecule has 3 heteroatoms. The molecule has 1 aromatic rings. The van der Waals surface area contributed by atoms with Crippen LogP contribution in [0.25, 0.3) is 0 Å². The molecule has 0 aliphatic carbocycles. The SMILES string of the molecule is NC(Cl)(Cl)c1ccccc1. The Morgan fingerprint density at radius 2 is 1.60 bits per heavy atom. The fourth-order valence-electron chi connectivity index (χ4n) is 0.660. The summed E-state index contributed by atoms with van der Waals surface area (Å²) < 4.78 is -1.26. The third-order valence-electron chi connectivity index (χ3n) is 1.16. The molecule has 0 saturated carbocycles. The first-order valence-corrected chi connectivity index (χ1v) is 3.58. The van der Waals surface area contributed by atoms with Crippen LogP contribution in [0, 0.1) is 0 Å². The average molecular weight is 176 g/mol. The summed E-state index contributed by atoms with van der Waals surface area (Å²) in [5.74, 6) is 0. The van der Waals surface area contributed by atoms with Crippen LogP contribution in [0.4, 0.5) is 0 Å². The van der Waals surface area contributed by atoms with E-state index in [4.69, 9.17) is 28.9 Å². The zero-order chi connectivity index (χ0) is 7.61. The van der Waals surface area contributed by atoms with Crippen LogP contribution in [0.2, 0.25) is 0 Å². The molecule has 0 aliphatic heterocycles. The van der Waals surface area contributed by atoms with Gasteiger partial charge >= 0.3 is 0 Å². The molecule has 0 aromatic heterocycles. The lowest BCUT2D eigenvalue weighted by atomic mass is 10.2. The number of rotatable bonds is 1. The van der Waals surface area contributed by atoms with E-state index < -0.39 is 4.46 Å². The molecule has 0 spiro atoms. The predicted octanol–water partition coefficient (Wildman–Crippen LogP) is 2.23. The molecule has 2 N–H and O–H groups in total. The van der Waals surface area contributed by atoms with Crippen LogP contribution in [0.15, 0.2) is 30.3 Å². The van der Waals surface area contributed by atoms with Gasteiger partial charge in [-0.1, -0.05) is 53.5 Å². The van der Waals surface area contributed by atoms with Gasteiger partial charge in [-0.25, -0.2) is 0 Å². The van der Waals surface area contributed by atoms with Crippen molar-refractivity contribution in [2.75, 3.05) is 0 Å². The molecule has 1 rings (SSSR count). The maximum atomic E-state index is 5.60. The number of nitrogens with two attached hydrogens (primary N) is 1. The van der Waals surface area contributed by atoms with E-state index in [9.17, 15) is 0 Å². The summed E-state index contributed by atoms with van der Waals surface area (Å²) in [6, 6.07) is 9.10. The van der Waals surface area contributed by atoms with Gasteiger partial charge < -0.3 is 0 Å². The van der Waals surface area contributed by atoms with Crippen molar-refractivity contribution in [2.24, 2.45) is 5.73 Å². The summed E-state index contributed by atoms with van der Waals surface area (Å²) in [5.41, 5.74) is 6.09. The number of hydrogen-bond acceptors (Lipinski definition) is 1. The van der Waals surface area contributed by atoms with Gasteiger partial charge in [-0.15, -0.1) is 0 Å². The highest BCUT2D eigenvalue weighted by Gasteiger charge is 2.18. The van der Waals surface area contributed by atoms with E-state index in [-0.39, 0.29) is 0 Å². The van der Waals surface area contributed by atoms with E-state index in [1.54, 1.807) is 12.1 Å². The van der Waals surface area contributed by atoms with Gasteiger partial charge in [-0.05, 0) is 0 Å². The molecule has 0 amide bonds. The first-order valence-electron chi connectivity index (χ1n) is 2.83. The fraction of sp³-hybridized carbons (Fsp3) is 0.143. The third-order valence-corrected chi connectivity index (χ3v) is 1.60. The van der Waals surface area contributed by atoms with Gasteiger partial charge in [0.15, 0.2) is 4.46 Å². The Bertz CT molecular complexity index is 203. The van der Waals surface area contributed by atoms with E-state index in [0.717, 1.165) is 0 Å². The Kier molecular flexibility index (Phi) is 2.19. The van der Waals surface area contributed by atoms with Crippen LogP contribution >= 0.6 is 23.2 Å². The van der Waals surface area contributed by atoms with Crippen molar-refractivity contribution in [1.29, 1.82) is 0 Å². The molecular formula is C7H7Cl2N. The minimum Gasteiger partial charge on any atom is -0.296 e. The highest BCUT2D eigenvalue weighted by atomic mass is 35.5. The van der Waals surface area contributed by atoms with Crippen LogP contribution in [-0.2, 0) is 4.46 Å². The predicted molar refractivity (Wildman–Crippen MR) is 44.0 cm³/mol. The molecular weight excluding hydrogens is 169 g/mol. The van der Waals surface area contributed by atoms with Crippen LogP contribution in [0.5, 0.6) is 0 Å². The van der Waals surface area contributed by atoms with Crippen molar-refractivity contribution < 1.29 is 0 Å². The molecule has 10 heavy (non-hydrogen) atoms. The standard InChI is InChI=1S/C7H7Cl2N/c8-7(9,10)6-4-2-1-3-5-6/h1-5H,10H2. The quantitative estimate of drug-likeness (QED) is 0.515. The summed E-state index contributed by atoms with van der Waals surface area (Å²) in [5, 5.41) is 0. The lowest BCUT2D eigenvalue weighted by molar-refractivity contribution is 0.917. The minimum atomic E-state index is -1.26. The second-order valence-corrected chi connectivity index (χ2v) is 3.37. The molecule has 0 aliphatic rings. The van der Waals surface area contributed by atoms with E-state index in [1.165, 1.54) is 0 Å². The van der Waals surface area contributed by atoms with Crippen LogP contribution in [-0.4, -0.2) is 0 Å². The first kappa shape index (κ1) is 7.86. The normalized spacial score (nSPS) is 11.5. The van der Waals surface area contributed by atoms with Crippen molar-refractivity contribution in [3.05, 3.63) is 35.9 Å². The highest BCUT2D eigenvalue weighted by Crippen LogP contribution is 2.26. The Labute approximate surface area is 69.7 Å². The van der Waals surface area contributed by atoms with E-state index >= 15 is 0 Å². The zero-order valence-electron chi connectivity index (χ0n) is 5.22.